The summed E-state index contributed by atoms with van der Waals surface area (Å²) in [6.45, 7) is 2.69. The molecule has 11 heteroatoms. The molecule has 0 aliphatic rings. The van der Waals surface area contributed by atoms with Crippen molar-refractivity contribution >= 4 is 23.4 Å². The van der Waals surface area contributed by atoms with E-state index >= 15 is 0 Å². The van der Waals surface area contributed by atoms with Gasteiger partial charge in [-0.15, -0.1) is 10.2 Å². The number of thioether (sulfide) groups is 1. The van der Waals surface area contributed by atoms with Crippen LogP contribution in [0, 0.1) is 0 Å². The predicted molar refractivity (Wildman–Crippen MR) is 113 cm³/mol. The topological polar surface area (TPSA) is 121 Å². The average molecular weight is 440 g/mol. The van der Waals surface area contributed by atoms with E-state index in [0.29, 0.717) is 52.2 Å². The van der Waals surface area contributed by atoms with Gasteiger partial charge in [0, 0.05) is 6.54 Å². The van der Waals surface area contributed by atoms with Crippen LogP contribution >= 0.6 is 11.8 Å². The van der Waals surface area contributed by atoms with Crippen LogP contribution in [-0.2, 0) is 23.5 Å². The van der Waals surface area contributed by atoms with Crippen LogP contribution in [0.2, 0.25) is 0 Å². The molecule has 4 rings (SSSR count). The highest BCUT2D eigenvalue weighted by Crippen LogP contribution is 2.26. The van der Waals surface area contributed by atoms with E-state index in [1.54, 1.807) is 31.6 Å². The summed E-state index contributed by atoms with van der Waals surface area (Å²) in [5.41, 5.74) is 0.584. The van der Waals surface area contributed by atoms with Crippen molar-refractivity contribution in [3.05, 3.63) is 54.4 Å². The smallest absolute Gasteiger partial charge is 0.237 e. The summed E-state index contributed by atoms with van der Waals surface area (Å²) in [7, 11) is 1.55. The van der Waals surface area contributed by atoms with Crippen LogP contribution in [0.3, 0.4) is 0 Å². The van der Waals surface area contributed by atoms with Gasteiger partial charge in [0.05, 0.1) is 31.2 Å². The van der Waals surface area contributed by atoms with Gasteiger partial charge in [-0.3, -0.25) is 9.36 Å². The van der Waals surface area contributed by atoms with Crippen LogP contribution in [0.1, 0.15) is 18.6 Å². The third-order valence-corrected chi connectivity index (χ3v) is 5.26. The molecule has 0 saturated carbocycles. The Bertz CT molecular complexity index is 1150. The fourth-order valence-electron chi connectivity index (χ4n) is 2.90. The van der Waals surface area contributed by atoms with Crippen molar-refractivity contribution < 1.29 is 18.5 Å². The van der Waals surface area contributed by atoms with Gasteiger partial charge in [0.25, 0.3) is 0 Å². The van der Waals surface area contributed by atoms with Gasteiger partial charge in [-0.05, 0) is 31.2 Å². The van der Waals surface area contributed by atoms with Gasteiger partial charge in [0.1, 0.15) is 5.75 Å². The predicted octanol–water partition coefficient (Wildman–Crippen LogP) is 3.42. The third-order valence-electron chi connectivity index (χ3n) is 4.31. The number of hydrogen-bond acceptors (Lipinski definition) is 9. The first-order valence-corrected chi connectivity index (χ1v) is 10.5. The summed E-state index contributed by atoms with van der Waals surface area (Å²) < 4.78 is 17.9. The van der Waals surface area contributed by atoms with E-state index in [0.717, 1.165) is 0 Å². The molecule has 0 atom stereocenters. The number of carbonyl (C=O) groups is 1. The number of ether oxygens (including phenoxy) is 1. The molecule has 3 heterocycles. The second-order valence-electron chi connectivity index (χ2n) is 6.35. The Hall–Kier alpha value is -3.60. The van der Waals surface area contributed by atoms with E-state index in [1.807, 2.05) is 29.7 Å². The molecule has 0 bridgehead atoms. The highest BCUT2D eigenvalue weighted by molar-refractivity contribution is 7.98. The Morgan fingerprint density at radius 1 is 1.23 bits per heavy atom. The molecule has 4 aromatic rings. The zero-order valence-electron chi connectivity index (χ0n) is 16.9. The number of para-hydroxylation sites is 2. The highest BCUT2D eigenvalue weighted by atomic mass is 32.2. The van der Waals surface area contributed by atoms with E-state index < -0.39 is 0 Å². The molecule has 10 nitrogen and oxygen atoms in total. The molecular formula is C20H20N6O4S. The molecule has 160 valence electrons. The molecule has 0 fully saturated rings. The SMILES string of the molecule is CCn1c(SCc2nc(CC(=O)Nc3ccccc3OC)no2)nnc1-c1ccco1. The Morgan fingerprint density at radius 2 is 2.10 bits per heavy atom. The molecule has 0 aliphatic heterocycles. The number of methoxy groups -OCH3 is 1. The first-order valence-electron chi connectivity index (χ1n) is 9.52. The van der Waals surface area contributed by atoms with Crippen molar-refractivity contribution in [1.82, 2.24) is 24.9 Å². The number of carbonyl (C=O) groups excluding carboxylic acids is 1. The number of nitrogens with zero attached hydrogens (tertiary/aromatic N) is 5. The van der Waals surface area contributed by atoms with E-state index in [1.165, 1.54) is 11.8 Å². The maximum absolute atomic E-state index is 12.3. The van der Waals surface area contributed by atoms with Crippen LogP contribution < -0.4 is 10.1 Å². The van der Waals surface area contributed by atoms with Gasteiger partial charge in [0.15, 0.2) is 22.6 Å². The van der Waals surface area contributed by atoms with Crippen LogP contribution in [-0.4, -0.2) is 37.9 Å². The first kappa shape index (κ1) is 20.7. The van der Waals surface area contributed by atoms with E-state index in [2.05, 4.69) is 25.7 Å². The van der Waals surface area contributed by atoms with E-state index in [-0.39, 0.29) is 12.3 Å². The fraction of sp³-hybridized carbons (Fsp3) is 0.250. The van der Waals surface area contributed by atoms with Crippen LogP contribution in [0.4, 0.5) is 5.69 Å². The highest BCUT2D eigenvalue weighted by Gasteiger charge is 2.17. The summed E-state index contributed by atoms with van der Waals surface area (Å²) in [4.78, 5) is 16.6. The number of nitrogens with one attached hydrogen (secondary N) is 1. The normalized spacial score (nSPS) is 10.9. The van der Waals surface area contributed by atoms with Crippen molar-refractivity contribution in [3.8, 4) is 17.3 Å². The van der Waals surface area contributed by atoms with Crippen molar-refractivity contribution in [2.45, 2.75) is 30.8 Å². The maximum atomic E-state index is 12.3. The molecule has 1 N–H and O–H groups in total. The zero-order chi connectivity index (χ0) is 21.6. The number of amides is 1. The van der Waals surface area contributed by atoms with Gasteiger partial charge in [-0.25, -0.2) is 0 Å². The molecule has 31 heavy (non-hydrogen) atoms. The number of anilines is 1. The fourth-order valence-corrected chi connectivity index (χ4v) is 3.74. The Kier molecular flexibility index (Phi) is 6.32. The lowest BCUT2D eigenvalue weighted by atomic mass is 10.2. The standard InChI is InChI=1S/C20H20N6O4S/c1-3-26-19(15-9-6-10-29-15)23-24-20(26)31-12-18-22-16(25-30-18)11-17(27)21-13-7-4-5-8-14(13)28-2/h4-10H,3,11-12H2,1-2H3,(H,21,27). The maximum Gasteiger partial charge on any atom is 0.237 e. The quantitative estimate of drug-likeness (QED) is 0.390. The van der Waals surface area contributed by atoms with Crippen LogP contribution in [0.5, 0.6) is 5.75 Å². The third kappa shape index (κ3) is 4.77. The molecule has 1 amide bonds. The molecule has 3 aromatic heterocycles. The van der Waals surface area contributed by atoms with Gasteiger partial charge in [0.2, 0.25) is 11.8 Å². The summed E-state index contributed by atoms with van der Waals surface area (Å²) in [6.07, 6.45) is 1.58. The molecule has 0 saturated heterocycles. The van der Waals surface area contributed by atoms with Crippen LogP contribution in [0.15, 0.2) is 56.8 Å². The molecule has 1 aromatic carbocycles. The van der Waals surface area contributed by atoms with Gasteiger partial charge in [-0.2, -0.15) is 4.98 Å². The summed E-state index contributed by atoms with van der Waals surface area (Å²) in [5, 5.41) is 15.8. The first-order chi connectivity index (χ1) is 15.2. The van der Waals surface area contributed by atoms with Gasteiger partial charge in [-0.1, -0.05) is 29.1 Å². The Morgan fingerprint density at radius 3 is 2.87 bits per heavy atom. The number of hydrogen-bond donors (Lipinski definition) is 1. The number of rotatable bonds is 9. The zero-order valence-corrected chi connectivity index (χ0v) is 17.8. The lowest BCUT2D eigenvalue weighted by Crippen LogP contribution is -2.15. The monoisotopic (exact) mass is 440 g/mol. The molecular weight excluding hydrogens is 420 g/mol. The summed E-state index contributed by atoms with van der Waals surface area (Å²) in [5.74, 6) is 2.73. The summed E-state index contributed by atoms with van der Waals surface area (Å²) >= 11 is 1.42. The van der Waals surface area contributed by atoms with Crippen molar-refractivity contribution in [1.29, 1.82) is 0 Å². The molecule has 0 unspecified atom stereocenters. The average Bonchev–Trinajstić information content (AvgIpc) is 3.53. The Balaban J connectivity index is 1.36. The van der Waals surface area contributed by atoms with Crippen molar-refractivity contribution in [3.63, 3.8) is 0 Å². The Labute approximate surface area is 182 Å². The second-order valence-corrected chi connectivity index (χ2v) is 7.29. The molecule has 0 aliphatic carbocycles. The van der Waals surface area contributed by atoms with E-state index in [4.69, 9.17) is 13.7 Å². The minimum Gasteiger partial charge on any atom is -0.495 e. The second kappa shape index (κ2) is 9.47. The van der Waals surface area contributed by atoms with Crippen LogP contribution in [0.25, 0.3) is 11.6 Å². The minimum atomic E-state index is -0.265. The minimum absolute atomic E-state index is 0.0139. The molecule has 0 spiro atoms. The van der Waals surface area contributed by atoms with E-state index in [9.17, 15) is 4.79 Å². The largest absolute Gasteiger partial charge is 0.495 e. The van der Waals surface area contributed by atoms with Crippen molar-refractivity contribution in [2.24, 2.45) is 0 Å². The van der Waals surface area contributed by atoms with Gasteiger partial charge >= 0.3 is 0 Å². The van der Waals surface area contributed by atoms with Crippen molar-refractivity contribution in [2.75, 3.05) is 12.4 Å². The number of benzene rings is 1. The molecule has 0 radical (unpaired) electrons. The lowest BCUT2D eigenvalue weighted by molar-refractivity contribution is -0.115. The lowest BCUT2D eigenvalue weighted by Gasteiger charge is -2.08. The van der Waals surface area contributed by atoms with Gasteiger partial charge < -0.3 is 19.0 Å². The summed E-state index contributed by atoms with van der Waals surface area (Å²) in [6, 6.07) is 10.8. The number of furan rings is 1. The number of aromatic nitrogens is 5.